The zero-order chi connectivity index (χ0) is 14.9. The zero-order valence-corrected chi connectivity index (χ0v) is 12.3. The van der Waals surface area contributed by atoms with E-state index in [0.717, 1.165) is 18.7 Å². The average Bonchev–Trinajstić information content (AvgIpc) is 3.29. The minimum absolute atomic E-state index is 0.172. The molecule has 1 fully saturated rings. The minimum atomic E-state index is -0.172. The van der Waals surface area contributed by atoms with Crippen LogP contribution in [0.5, 0.6) is 5.88 Å². The fourth-order valence-corrected chi connectivity index (χ4v) is 1.75. The van der Waals surface area contributed by atoms with E-state index in [0.29, 0.717) is 51.4 Å². The quantitative estimate of drug-likeness (QED) is 0.606. The predicted molar refractivity (Wildman–Crippen MR) is 75.8 cm³/mol. The van der Waals surface area contributed by atoms with Gasteiger partial charge in [0.05, 0.1) is 39.1 Å². The number of rotatable bonds is 11. The summed E-state index contributed by atoms with van der Waals surface area (Å²) >= 11 is 0. The molecule has 1 N–H and O–H groups in total. The number of hydrogen-bond acceptors (Lipinski definition) is 6. The molecular formula is C14H22N2O5. The van der Waals surface area contributed by atoms with E-state index in [9.17, 15) is 4.79 Å². The van der Waals surface area contributed by atoms with Gasteiger partial charge in [-0.15, -0.1) is 0 Å². The van der Waals surface area contributed by atoms with E-state index in [1.807, 2.05) is 0 Å². The van der Waals surface area contributed by atoms with Crippen LogP contribution >= 0.6 is 0 Å². The Labute approximate surface area is 123 Å². The molecule has 1 aromatic rings. The highest BCUT2D eigenvalue weighted by Crippen LogP contribution is 2.37. The van der Waals surface area contributed by atoms with Gasteiger partial charge in [-0.3, -0.25) is 4.79 Å². The van der Waals surface area contributed by atoms with Crippen LogP contribution in [0.1, 0.15) is 24.6 Å². The number of H-pyrrole nitrogens is 1. The van der Waals surface area contributed by atoms with Crippen molar-refractivity contribution in [1.82, 2.24) is 9.97 Å². The van der Waals surface area contributed by atoms with Gasteiger partial charge in [0.1, 0.15) is 12.4 Å². The van der Waals surface area contributed by atoms with Crippen molar-refractivity contribution < 1.29 is 18.9 Å². The summed E-state index contributed by atoms with van der Waals surface area (Å²) in [7, 11) is 1.63. The molecule has 0 saturated heterocycles. The van der Waals surface area contributed by atoms with E-state index < -0.39 is 0 Å². The lowest BCUT2D eigenvalue weighted by Crippen LogP contribution is -2.15. The third-order valence-corrected chi connectivity index (χ3v) is 2.98. The van der Waals surface area contributed by atoms with Crippen LogP contribution < -0.4 is 10.3 Å². The first-order valence-electron chi connectivity index (χ1n) is 7.18. The molecular weight excluding hydrogens is 276 g/mol. The van der Waals surface area contributed by atoms with Crippen LogP contribution in [0.25, 0.3) is 0 Å². The van der Waals surface area contributed by atoms with E-state index in [2.05, 4.69) is 9.97 Å². The van der Waals surface area contributed by atoms with Gasteiger partial charge in [-0.25, -0.2) is 0 Å². The Balaban J connectivity index is 1.57. The molecule has 1 aliphatic rings. The van der Waals surface area contributed by atoms with Crippen molar-refractivity contribution in [3.63, 3.8) is 0 Å². The summed E-state index contributed by atoms with van der Waals surface area (Å²) in [6, 6.07) is 1.36. The monoisotopic (exact) mass is 298 g/mol. The molecule has 0 aromatic carbocycles. The molecule has 0 atom stereocenters. The maximum atomic E-state index is 11.5. The van der Waals surface area contributed by atoms with Gasteiger partial charge in [-0.05, 0) is 12.8 Å². The molecule has 7 nitrogen and oxygen atoms in total. The predicted octanol–water partition coefficient (Wildman–Crippen LogP) is 0.706. The molecule has 0 amide bonds. The Morgan fingerprint density at radius 1 is 1.14 bits per heavy atom. The van der Waals surface area contributed by atoms with Crippen molar-refractivity contribution in [2.24, 2.45) is 0 Å². The molecule has 1 saturated carbocycles. The number of aromatic amines is 1. The number of ether oxygens (including phenoxy) is 4. The first-order valence-corrected chi connectivity index (χ1v) is 7.18. The Morgan fingerprint density at radius 3 is 2.48 bits per heavy atom. The topological polar surface area (TPSA) is 82.7 Å². The first kappa shape index (κ1) is 15.9. The highest BCUT2D eigenvalue weighted by Gasteiger charge is 2.26. The molecule has 118 valence electrons. The summed E-state index contributed by atoms with van der Waals surface area (Å²) in [6.45, 7) is 2.97. The van der Waals surface area contributed by atoms with Gasteiger partial charge in [-0.1, -0.05) is 0 Å². The first-order chi connectivity index (χ1) is 10.3. The largest absolute Gasteiger partial charge is 0.475 e. The van der Waals surface area contributed by atoms with Crippen LogP contribution in [0.15, 0.2) is 10.9 Å². The Kier molecular flexibility index (Phi) is 6.65. The molecule has 0 bridgehead atoms. The maximum absolute atomic E-state index is 11.5. The number of hydrogen-bond donors (Lipinski definition) is 1. The van der Waals surface area contributed by atoms with E-state index in [1.165, 1.54) is 6.07 Å². The summed E-state index contributed by atoms with van der Waals surface area (Å²) in [5.74, 6) is 1.48. The smallest absolute Gasteiger partial charge is 0.254 e. The lowest BCUT2D eigenvalue weighted by Gasteiger charge is -2.07. The second kappa shape index (κ2) is 8.76. The number of nitrogens with one attached hydrogen (secondary N) is 1. The van der Waals surface area contributed by atoms with E-state index in [1.54, 1.807) is 7.11 Å². The molecule has 0 aliphatic heterocycles. The van der Waals surface area contributed by atoms with Crippen molar-refractivity contribution in [2.75, 3.05) is 46.8 Å². The number of aromatic nitrogens is 2. The van der Waals surface area contributed by atoms with Crippen LogP contribution in [0.3, 0.4) is 0 Å². The Bertz CT molecular complexity index is 473. The van der Waals surface area contributed by atoms with Gasteiger partial charge in [0.15, 0.2) is 0 Å². The lowest BCUT2D eigenvalue weighted by molar-refractivity contribution is 0.0176. The average molecular weight is 298 g/mol. The third-order valence-electron chi connectivity index (χ3n) is 2.98. The number of nitrogens with zero attached hydrogens (tertiary/aromatic N) is 1. The lowest BCUT2D eigenvalue weighted by atomic mass is 10.4. The molecule has 21 heavy (non-hydrogen) atoms. The van der Waals surface area contributed by atoms with Gasteiger partial charge >= 0.3 is 0 Å². The van der Waals surface area contributed by atoms with Gasteiger partial charge in [0.25, 0.3) is 5.56 Å². The summed E-state index contributed by atoms with van der Waals surface area (Å²) in [6.07, 6.45) is 2.16. The molecule has 1 aromatic heterocycles. The van der Waals surface area contributed by atoms with Crippen LogP contribution in [-0.2, 0) is 14.2 Å². The normalized spacial score (nSPS) is 14.3. The Morgan fingerprint density at radius 2 is 1.81 bits per heavy atom. The molecule has 0 unspecified atom stereocenters. The third kappa shape index (κ3) is 6.24. The Hall–Kier alpha value is -1.44. The summed E-state index contributed by atoms with van der Waals surface area (Å²) in [4.78, 5) is 18.5. The van der Waals surface area contributed by atoms with Gasteiger partial charge in [0, 0.05) is 13.0 Å². The second-order valence-corrected chi connectivity index (χ2v) is 4.81. The fraction of sp³-hybridized carbons (Fsp3) is 0.714. The standard InChI is InChI=1S/C14H22N2O5/c1-18-4-5-19-6-7-20-8-9-21-13-10-12(17)15-14(16-13)11-2-3-11/h10-11H,2-9H2,1H3,(H,15,16,17). The molecule has 1 aliphatic carbocycles. The zero-order valence-electron chi connectivity index (χ0n) is 12.3. The van der Waals surface area contributed by atoms with Crippen LogP contribution in [0.4, 0.5) is 0 Å². The van der Waals surface area contributed by atoms with Crippen LogP contribution in [-0.4, -0.2) is 56.7 Å². The highest BCUT2D eigenvalue weighted by molar-refractivity contribution is 5.13. The van der Waals surface area contributed by atoms with Gasteiger partial charge in [0.2, 0.25) is 5.88 Å². The van der Waals surface area contributed by atoms with Crippen LogP contribution in [0, 0.1) is 0 Å². The maximum Gasteiger partial charge on any atom is 0.254 e. The van der Waals surface area contributed by atoms with E-state index in [-0.39, 0.29) is 5.56 Å². The van der Waals surface area contributed by atoms with E-state index >= 15 is 0 Å². The van der Waals surface area contributed by atoms with Crippen LogP contribution in [0.2, 0.25) is 0 Å². The van der Waals surface area contributed by atoms with E-state index in [4.69, 9.17) is 18.9 Å². The van der Waals surface area contributed by atoms with Gasteiger partial charge in [-0.2, -0.15) is 4.98 Å². The van der Waals surface area contributed by atoms with Crippen molar-refractivity contribution in [3.05, 3.63) is 22.2 Å². The highest BCUT2D eigenvalue weighted by atomic mass is 16.6. The molecule has 0 spiro atoms. The number of methoxy groups -OCH3 is 1. The van der Waals surface area contributed by atoms with Crippen molar-refractivity contribution in [2.45, 2.75) is 18.8 Å². The summed E-state index contributed by atoms with van der Waals surface area (Å²) < 4.78 is 20.9. The van der Waals surface area contributed by atoms with Crippen molar-refractivity contribution in [3.8, 4) is 5.88 Å². The van der Waals surface area contributed by atoms with Crippen molar-refractivity contribution in [1.29, 1.82) is 0 Å². The summed E-state index contributed by atoms with van der Waals surface area (Å²) in [5.41, 5.74) is -0.172. The van der Waals surface area contributed by atoms with Crippen molar-refractivity contribution >= 4 is 0 Å². The van der Waals surface area contributed by atoms with Gasteiger partial charge < -0.3 is 23.9 Å². The fourth-order valence-electron chi connectivity index (χ4n) is 1.75. The SMILES string of the molecule is COCCOCCOCCOc1cc(=O)[nH]c(C2CC2)n1. The summed E-state index contributed by atoms with van der Waals surface area (Å²) in [5, 5.41) is 0. The minimum Gasteiger partial charge on any atom is -0.475 e. The molecule has 2 rings (SSSR count). The molecule has 7 heteroatoms. The second-order valence-electron chi connectivity index (χ2n) is 4.81. The molecule has 1 heterocycles. The molecule has 0 radical (unpaired) electrons.